The maximum Gasteiger partial charge on any atom is 0.401 e. The monoisotopic (exact) mass is 258 g/mol. The summed E-state index contributed by atoms with van der Waals surface area (Å²) in [6.07, 6.45) is -3.53. The molecule has 0 aliphatic heterocycles. The van der Waals surface area contributed by atoms with Crippen LogP contribution in [-0.4, -0.2) is 46.9 Å². The van der Waals surface area contributed by atoms with Crippen LogP contribution in [0.25, 0.3) is 0 Å². The van der Waals surface area contributed by atoms with Gasteiger partial charge in [0.05, 0.1) is 18.1 Å². The van der Waals surface area contributed by atoms with Crippen molar-refractivity contribution in [2.24, 2.45) is 5.73 Å². The van der Waals surface area contributed by atoms with Crippen LogP contribution in [0.2, 0.25) is 0 Å². The van der Waals surface area contributed by atoms with Crippen molar-refractivity contribution in [3.63, 3.8) is 0 Å². The molecule has 0 amide bonds. The first-order valence-corrected chi connectivity index (χ1v) is 5.41. The summed E-state index contributed by atoms with van der Waals surface area (Å²) < 4.78 is 36.8. The average molecular weight is 258 g/mol. The molecule has 1 unspecified atom stereocenters. The molecule has 0 heterocycles. The minimum Gasteiger partial charge on any atom is -0.395 e. The van der Waals surface area contributed by atoms with E-state index in [4.69, 9.17) is 23.1 Å². The summed E-state index contributed by atoms with van der Waals surface area (Å²) in [6, 6.07) is -0.369. The van der Waals surface area contributed by atoms with E-state index in [-0.39, 0.29) is 30.6 Å². The maximum atomic E-state index is 12.3. The Bertz CT molecular complexity index is 223. The molecular formula is C9H17F3N2OS. The molecule has 0 radical (unpaired) electrons. The van der Waals surface area contributed by atoms with Gasteiger partial charge < -0.3 is 10.8 Å². The normalized spacial score (nSPS) is 14.1. The van der Waals surface area contributed by atoms with Crippen LogP contribution >= 0.6 is 12.2 Å². The fourth-order valence-corrected chi connectivity index (χ4v) is 1.71. The molecule has 0 rings (SSSR count). The SMILES string of the molecule is CCC(CC(N)=S)N(CCO)CC(F)(F)F. The largest absolute Gasteiger partial charge is 0.401 e. The molecule has 0 aromatic carbocycles. The van der Waals surface area contributed by atoms with E-state index in [0.717, 1.165) is 0 Å². The summed E-state index contributed by atoms with van der Waals surface area (Å²) in [6.45, 7) is 0.378. The van der Waals surface area contributed by atoms with Gasteiger partial charge in [-0.3, -0.25) is 4.90 Å². The molecule has 0 fully saturated rings. The fraction of sp³-hybridized carbons (Fsp3) is 0.889. The molecule has 0 aromatic heterocycles. The van der Waals surface area contributed by atoms with E-state index in [1.807, 2.05) is 0 Å². The second-order valence-electron chi connectivity index (χ2n) is 3.54. The Labute approximate surface area is 98.4 Å². The average Bonchev–Trinajstić information content (AvgIpc) is 2.11. The summed E-state index contributed by atoms with van der Waals surface area (Å²) in [7, 11) is 0. The van der Waals surface area contributed by atoms with E-state index in [2.05, 4.69) is 0 Å². The van der Waals surface area contributed by atoms with Gasteiger partial charge >= 0.3 is 6.18 Å². The number of hydrogen-bond donors (Lipinski definition) is 2. The highest BCUT2D eigenvalue weighted by atomic mass is 32.1. The van der Waals surface area contributed by atoms with E-state index >= 15 is 0 Å². The van der Waals surface area contributed by atoms with Crippen molar-refractivity contribution in [1.82, 2.24) is 4.90 Å². The van der Waals surface area contributed by atoms with Crippen LogP contribution < -0.4 is 5.73 Å². The molecule has 1 atom stereocenters. The Balaban J connectivity index is 4.51. The quantitative estimate of drug-likeness (QED) is 0.676. The van der Waals surface area contributed by atoms with Crippen molar-refractivity contribution >= 4 is 17.2 Å². The zero-order chi connectivity index (χ0) is 12.8. The molecule has 0 saturated carbocycles. The molecular weight excluding hydrogens is 241 g/mol. The second kappa shape index (κ2) is 7.03. The summed E-state index contributed by atoms with van der Waals surface area (Å²) >= 11 is 4.69. The van der Waals surface area contributed by atoms with Gasteiger partial charge in [0.2, 0.25) is 0 Å². The number of nitrogens with two attached hydrogens (primary N) is 1. The summed E-state index contributed by atoms with van der Waals surface area (Å²) in [4.78, 5) is 1.36. The predicted molar refractivity (Wildman–Crippen MR) is 60.2 cm³/mol. The Morgan fingerprint density at radius 2 is 2.06 bits per heavy atom. The Morgan fingerprint density at radius 1 is 1.50 bits per heavy atom. The van der Waals surface area contributed by atoms with Gasteiger partial charge in [-0.1, -0.05) is 19.1 Å². The van der Waals surface area contributed by atoms with Crippen molar-refractivity contribution in [3.8, 4) is 0 Å². The molecule has 3 nitrogen and oxygen atoms in total. The van der Waals surface area contributed by atoms with Crippen LogP contribution in [-0.2, 0) is 0 Å². The number of alkyl halides is 3. The highest BCUT2D eigenvalue weighted by molar-refractivity contribution is 7.80. The van der Waals surface area contributed by atoms with Gasteiger partial charge in [0.25, 0.3) is 0 Å². The summed E-state index contributed by atoms with van der Waals surface area (Å²) in [5.41, 5.74) is 5.33. The van der Waals surface area contributed by atoms with E-state index in [1.54, 1.807) is 6.92 Å². The molecule has 3 N–H and O–H groups in total. The molecule has 7 heteroatoms. The van der Waals surface area contributed by atoms with Crippen molar-refractivity contribution < 1.29 is 18.3 Å². The number of nitrogens with zero attached hydrogens (tertiary/aromatic N) is 1. The van der Waals surface area contributed by atoms with Crippen LogP contribution in [0.15, 0.2) is 0 Å². The second-order valence-corrected chi connectivity index (χ2v) is 4.07. The van der Waals surface area contributed by atoms with Crippen LogP contribution in [0.1, 0.15) is 19.8 Å². The highest BCUT2D eigenvalue weighted by Crippen LogP contribution is 2.20. The molecule has 0 saturated heterocycles. The molecule has 0 aromatic rings. The zero-order valence-corrected chi connectivity index (χ0v) is 9.94. The lowest BCUT2D eigenvalue weighted by Crippen LogP contribution is -2.44. The van der Waals surface area contributed by atoms with Crippen LogP contribution in [0.3, 0.4) is 0 Å². The van der Waals surface area contributed by atoms with Crippen molar-refractivity contribution in [2.45, 2.75) is 32.0 Å². The van der Waals surface area contributed by atoms with Crippen LogP contribution in [0.4, 0.5) is 13.2 Å². The molecule has 0 bridgehead atoms. The Kier molecular flexibility index (Phi) is 6.85. The lowest BCUT2D eigenvalue weighted by molar-refractivity contribution is -0.151. The topological polar surface area (TPSA) is 49.5 Å². The first kappa shape index (κ1) is 15.6. The number of aliphatic hydroxyl groups excluding tert-OH is 1. The van der Waals surface area contributed by atoms with Gasteiger partial charge in [-0.25, -0.2) is 0 Å². The molecule has 0 spiro atoms. The Morgan fingerprint density at radius 3 is 2.38 bits per heavy atom. The minimum absolute atomic E-state index is 0.0272. The van der Waals surface area contributed by atoms with Crippen molar-refractivity contribution in [3.05, 3.63) is 0 Å². The Hall–Kier alpha value is -0.400. The summed E-state index contributed by atoms with van der Waals surface area (Å²) in [5.74, 6) is 0. The lowest BCUT2D eigenvalue weighted by atomic mass is 10.1. The summed E-state index contributed by atoms with van der Waals surface area (Å²) in [5, 5.41) is 8.74. The predicted octanol–water partition coefficient (Wildman–Crippen LogP) is 1.30. The third-order valence-electron chi connectivity index (χ3n) is 2.19. The number of rotatable bonds is 7. The number of thiocarbonyl (C=S) groups is 1. The highest BCUT2D eigenvalue weighted by Gasteiger charge is 2.33. The third kappa shape index (κ3) is 6.97. The van der Waals surface area contributed by atoms with E-state index in [9.17, 15) is 13.2 Å². The van der Waals surface area contributed by atoms with Gasteiger partial charge in [-0.05, 0) is 6.42 Å². The van der Waals surface area contributed by atoms with Gasteiger partial charge in [0.1, 0.15) is 0 Å². The van der Waals surface area contributed by atoms with Gasteiger partial charge in [0.15, 0.2) is 0 Å². The van der Waals surface area contributed by atoms with E-state index in [1.165, 1.54) is 4.90 Å². The number of halogens is 3. The minimum atomic E-state index is -4.28. The number of aliphatic hydroxyl groups is 1. The smallest absolute Gasteiger partial charge is 0.395 e. The zero-order valence-electron chi connectivity index (χ0n) is 9.13. The van der Waals surface area contributed by atoms with Gasteiger partial charge in [-0.2, -0.15) is 13.2 Å². The van der Waals surface area contributed by atoms with Crippen molar-refractivity contribution in [1.29, 1.82) is 0 Å². The standard InChI is InChI=1S/C9H17F3N2OS/c1-2-7(5-8(13)16)14(3-4-15)6-9(10,11)12/h7,15H,2-6H2,1H3,(H2,13,16). The maximum absolute atomic E-state index is 12.3. The first-order chi connectivity index (χ1) is 7.30. The third-order valence-corrected chi connectivity index (χ3v) is 2.36. The van der Waals surface area contributed by atoms with Gasteiger partial charge in [-0.15, -0.1) is 0 Å². The number of hydrogen-bond acceptors (Lipinski definition) is 3. The van der Waals surface area contributed by atoms with Crippen LogP contribution in [0.5, 0.6) is 0 Å². The molecule has 0 aliphatic carbocycles. The van der Waals surface area contributed by atoms with Crippen LogP contribution in [0, 0.1) is 0 Å². The fourth-order valence-electron chi connectivity index (χ4n) is 1.51. The first-order valence-electron chi connectivity index (χ1n) is 5.00. The van der Waals surface area contributed by atoms with Crippen molar-refractivity contribution in [2.75, 3.05) is 19.7 Å². The van der Waals surface area contributed by atoms with E-state index in [0.29, 0.717) is 6.42 Å². The lowest BCUT2D eigenvalue weighted by Gasteiger charge is -2.30. The molecule has 16 heavy (non-hydrogen) atoms. The van der Waals surface area contributed by atoms with Gasteiger partial charge in [0, 0.05) is 19.0 Å². The molecule has 96 valence electrons. The van der Waals surface area contributed by atoms with E-state index < -0.39 is 12.7 Å². The molecule has 0 aliphatic rings.